The first kappa shape index (κ1) is 28.3. The minimum atomic E-state index is -0.471. The lowest BCUT2D eigenvalue weighted by Gasteiger charge is -2.37. The SMILES string of the molecule is COc1cc(N)c(Cl)cc1C(=O)NC1CCN(CC2CCN(CCNC(=O)OC(C)(C)C)CC2)CC1. The molecular formula is C26H42ClN5O4. The van der Waals surface area contributed by atoms with Crippen LogP contribution >= 0.6 is 11.6 Å². The average Bonchev–Trinajstić information content (AvgIpc) is 2.81. The zero-order valence-electron chi connectivity index (χ0n) is 22.1. The highest BCUT2D eigenvalue weighted by molar-refractivity contribution is 6.33. The van der Waals surface area contributed by atoms with Crippen LogP contribution in [0.5, 0.6) is 5.75 Å². The fraction of sp³-hybridized carbons (Fsp3) is 0.692. The Hall–Kier alpha value is -2.23. The summed E-state index contributed by atoms with van der Waals surface area (Å²) in [7, 11) is 1.52. The van der Waals surface area contributed by atoms with Crippen molar-refractivity contribution in [1.29, 1.82) is 0 Å². The highest BCUT2D eigenvalue weighted by Gasteiger charge is 2.26. The zero-order valence-corrected chi connectivity index (χ0v) is 22.8. The molecule has 0 bridgehead atoms. The van der Waals surface area contributed by atoms with Crippen LogP contribution in [0.15, 0.2) is 12.1 Å². The molecule has 36 heavy (non-hydrogen) atoms. The Kier molecular flexibility index (Phi) is 10.1. The predicted octanol–water partition coefficient (Wildman–Crippen LogP) is 3.36. The van der Waals surface area contributed by atoms with E-state index in [0.29, 0.717) is 34.5 Å². The lowest BCUT2D eigenvalue weighted by molar-refractivity contribution is 0.0517. The van der Waals surface area contributed by atoms with Gasteiger partial charge in [-0.2, -0.15) is 0 Å². The number of nitrogen functional groups attached to an aromatic ring is 1. The smallest absolute Gasteiger partial charge is 0.407 e. The molecule has 0 aromatic heterocycles. The third kappa shape index (κ3) is 8.71. The number of alkyl carbamates (subject to hydrolysis) is 1. The molecule has 2 aliphatic rings. The molecule has 0 unspecified atom stereocenters. The zero-order chi connectivity index (χ0) is 26.3. The van der Waals surface area contributed by atoms with Crippen LogP contribution in [-0.2, 0) is 4.74 Å². The topological polar surface area (TPSA) is 109 Å². The van der Waals surface area contributed by atoms with Gasteiger partial charge in [0.25, 0.3) is 5.91 Å². The summed E-state index contributed by atoms with van der Waals surface area (Å²) in [6.45, 7) is 12.2. The number of likely N-dealkylation sites (tertiary alicyclic amines) is 2. The molecule has 0 spiro atoms. The fourth-order valence-electron chi connectivity index (χ4n) is 4.83. The summed E-state index contributed by atoms with van der Waals surface area (Å²) in [6, 6.07) is 3.29. The molecule has 2 saturated heterocycles. The van der Waals surface area contributed by atoms with E-state index in [0.717, 1.165) is 52.1 Å². The number of carbonyl (C=O) groups is 2. The normalized spacial score (nSPS) is 18.6. The van der Waals surface area contributed by atoms with E-state index in [9.17, 15) is 9.59 Å². The number of hydrogen-bond donors (Lipinski definition) is 3. The van der Waals surface area contributed by atoms with E-state index in [2.05, 4.69) is 20.4 Å². The number of amides is 2. The van der Waals surface area contributed by atoms with Gasteiger partial charge in [0.2, 0.25) is 0 Å². The minimum Gasteiger partial charge on any atom is -0.496 e. The van der Waals surface area contributed by atoms with Gasteiger partial charge in [0.15, 0.2) is 0 Å². The van der Waals surface area contributed by atoms with E-state index in [1.54, 1.807) is 12.1 Å². The maximum atomic E-state index is 12.8. The van der Waals surface area contributed by atoms with Crippen molar-refractivity contribution in [3.8, 4) is 5.75 Å². The quantitative estimate of drug-likeness (QED) is 0.448. The number of anilines is 1. The van der Waals surface area contributed by atoms with Crippen LogP contribution in [0.2, 0.25) is 5.02 Å². The summed E-state index contributed by atoms with van der Waals surface area (Å²) in [5.41, 5.74) is 6.16. The van der Waals surface area contributed by atoms with Crippen molar-refractivity contribution in [3.05, 3.63) is 22.7 Å². The van der Waals surface area contributed by atoms with Gasteiger partial charge in [0.05, 0.1) is 23.4 Å². The molecule has 3 rings (SSSR count). The van der Waals surface area contributed by atoms with Crippen molar-refractivity contribution < 1.29 is 19.1 Å². The Morgan fingerprint density at radius 1 is 1.08 bits per heavy atom. The molecule has 0 radical (unpaired) electrons. The van der Waals surface area contributed by atoms with Gasteiger partial charge in [-0.3, -0.25) is 4.79 Å². The molecular weight excluding hydrogens is 482 g/mol. The van der Waals surface area contributed by atoms with E-state index in [1.165, 1.54) is 20.0 Å². The van der Waals surface area contributed by atoms with Gasteiger partial charge in [-0.05, 0) is 71.5 Å². The summed E-state index contributed by atoms with van der Waals surface area (Å²) in [5, 5.41) is 6.33. The minimum absolute atomic E-state index is 0.133. The Balaban J connectivity index is 1.33. The molecule has 1 aromatic carbocycles. The van der Waals surface area contributed by atoms with E-state index in [1.807, 2.05) is 20.8 Å². The maximum absolute atomic E-state index is 12.8. The fourth-order valence-corrected chi connectivity index (χ4v) is 4.99. The number of methoxy groups -OCH3 is 1. The number of rotatable bonds is 8. The Morgan fingerprint density at radius 2 is 1.72 bits per heavy atom. The highest BCUT2D eigenvalue weighted by Crippen LogP contribution is 2.29. The van der Waals surface area contributed by atoms with Crippen molar-refractivity contribution in [2.75, 3.05) is 58.7 Å². The number of carbonyl (C=O) groups excluding carboxylic acids is 2. The second-order valence-corrected chi connectivity index (χ2v) is 11.2. The van der Waals surface area contributed by atoms with Crippen LogP contribution in [0, 0.1) is 5.92 Å². The van der Waals surface area contributed by atoms with Gasteiger partial charge < -0.3 is 35.6 Å². The number of nitrogens with zero attached hydrogens (tertiary/aromatic N) is 2. The van der Waals surface area contributed by atoms with Crippen LogP contribution in [0.25, 0.3) is 0 Å². The van der Waals surface area contributed by atoms with Crippen molar-refractivity contribution in [3.63, 3.8) is 0 Å². The molecule has 2 fully saturated rings. The van der Waals surface area contributed by atoms with Gasteiger partial charge in [-0.1, -0.05) is 11.6 Å². The number of halogens is 1. The lowest BCUT2D eigenvalue weighted by atomic mass is 9.94. The van der Waals surface area contributed by atoms with Gasteiger partial charge in [0.1, 0.15) is 11.4 Å². The molecule has 2 amide bonds. The average molecular weight is 524 g/mol. The van der Waals surface area contributed by atoms with Gasteiger partial charge in [0, 0.05) is 44.8 Å². The second-order valence-electron chi connectivity index (χ2n) is 10.8. The van der Waals surface area contributed by atoms with Gasteiger partial charge in [-0.25, -0.2) is 4.79 Å². The molecule has 2 aliphatic heterocycles. The number of benzene rings is 1. The number of nitrogens with two attached hydrogens (primary N) is 1. The number of piperidine rings is 2. The molecule has 2 heterocycles. The van der Waals surface area contributed by atoms with Crippen molar-refractivity contribution in [2.24, 2.45) is 5.92 Å². The van der Waals surface area contributed by atoms with Crippen LogP contribution in [-0.4, -0.2) is 86.4 Å². The molecule has 1 aromatic rings. The molecule has 9 nitrogen and oxygen atoms in total. The summed E-state index contributed by atoms with van der Waals surface area (Å²) < 4.78 is 10.6. The Labute approximate surface area is 220 Å². The largest absolute Gasteiger partial charge is 0.496 e. The molecule has 0 aliphatic carbocycles. The summed E-state index contributed by atoms with van der Waals surface area (Å²) in [4.78, 5) is 29.5. The predicted molar refractivity (Wildman–Crippen MR) is 143 cm³/mol. The summed E-state index contributed by atoms with van der Waals surface area (Å²) in [6.07, 6.45) is 3.83. The van der Waals surface area contributed by atoms with E-state index in [4.69, 9.17) is 26.8 Å². The molecule has 10 heteroatoms. The Bertz CT molecular complexity index is 891. The summed E-state index contributed by atoms with van der Waals surface area (Å²) in [5.74, 6) is 0.937. The maximum Gasteiger partial charge on any atom is 0.407 e. The van der Waals surface area contributed by atoms with Crippen molar-refractivity contribution in [2.45, 2.75) is 58.1 Å². The van der Waals surface area contributed by atoms with Gasteiger partial charge in [-0.15, -0.1) is 0 Å². The lowest BCUT2D eigenvalue weighted by Crippen LogP contribution is -2.47. The molecule has 202 valence electrons. The molecule has 0 saturated carbocycles. The third-order valence-electron chi connectivity index (χ3n) is 6.81. The first-order chi connectivity index (χ1) is 17.0. The second kappa shape index (κ2) is 12.8. The van der Waals surface area contributed by atoms with Crippen molar-refractivity contribution in [1.82, 2.24) is 20.4 Å². The summed E-state index contributed by atoms with van der Waals surface area (Å²) >= 11 is 6.12. The van der Waals surface area contributed by atoms with Crippen LogP contribution in [0.3, 0.4) is 0 Å². The highest BCUT2D eigenvalue weighted by atomic mass is 35.5. The van der Waals surface area contributed by atoms with Crippen molar-refractivity contribution >= 4 is 29.3 Å². The monoisotopic (exact) mass is 523 g/mol. The number of nitrogens with one attached hydrogen (secondary N) is 2. The van der Waals surface area contributed by atoms with Crippen LogP contribution in [0.1, 0.15) is 56.8 Å². The van der Waals surface area contributed by atoms with E-state index >= 15 is 0 Å². The number of hydrogen-bond acceptors (Lipinski definition) is 7. The van der Waals surface area contributed by atoms with E-state index in [-0.39, 0.29) is 18.0 Å². The van der Waals surface area contributed by atoms with Gasteiger partial charge >= 0.3 is 6.09 Å². The standard InChI is InChI=1S/C26H42ClN5O4/c1-26(2,3)36-25(34)29-9-14-31-10-5-18(6-11-31)17-32-12-7-19(8-13-32)30-24(33)20-15-21(27)22(28)16-23(20)35-4/h15-16,18-19H,5-14,17,28H2,1-4H3,(H,29,34)(H,30,33). The van der Waals surface area contributed by atoms with E-state index < -0.39 is 5.60 Å². The van der Waals surface area contributed by atoms with Crippen LogP contribution < -0.4 is 21.1 Å². The Morgan fingerprint density at radius 3 is 2.33 bits per heavy atom. The van der Waals surface area contributed by atoms with Crippen LogP contribution in [0.4, 0.5) is 10.5 Å². The first-order valence-electron chi connectivity index (χ1n) is 12.9. The molecule has 0 atom stereocenters. The first-order valence-corrected chi connectivity index (χ1v) is 13.3. The number of ether oxygens (including phenoxy) is 2. The molecule has 4 N–H and O–H groups in total. The third-order valence-corrected chi connectivity index (χ3v) is 7.13.